The van der Waals surface area contributed by atoms with Gasteiger partial charge in [0.2, 0.25) is 0 Å². The molecule has 2 bridgehead atoms. The van der Waals surface area contributed by atoms with Gasteiger partial charge in [0.05, 0.1) is 11.8 Å². The fourth-order valence-corrected chi connectivity index (χ4v) is 3.71. The Hall–Kier alpha value is -1.83. The van der Waals surface area contributed by atoms with E-state index in [9.17, 15) is 4.79 Å². The van der Waals surface area contributed by atoms with Crippen LogP contribution in [0, 0.1) is 5.92 Å². The van der Waals surface area contributed by atoms with Crippen molar-refractivity contribution in [3.8, 4) is 0 Å². The smallest absolute Gasteiger partial charge is 0.448 e. The van der Waals surface area contributed by atoms with Crippen molar-refractivity contribution in [2.45, 2.75) is 37.6 Å². The van der Waals surface area contributed by atoms with Crippen LogP contribution in [0.1, 0.15) is 18.4 Å². The number of rotatable bonds is 2. The molecule has 5 rings (SSSR count). The Kier molecular flexibility index (Phi) is 3.40. The van der Waals surface area contributed by atoms with Crippen molar-refractivity contribution in [1.82, 2.24) is 10.5 Å². The van der Waals surface area contributed by atoms with E-state index in [1.54, 1.807) is 0 Å². The summed E-state index contributed by atoms with van der Waals surface area (Å²) in [4.78, 5) is 15.6. The minimum atomic E-state index is -1.29. The highest BCUT2D eigenvalue weighted by Crippen LogP contribution is 2.42. The van der Waals surface area contributed by atoms with Crippen LogP contribution < -0.4 is 10.9 Å². The van der Waals surface area contributed by atoms with E-state index in [1.165, 1.54) is 10.6 Å². The lowest BCUT2D eigenvalue weighted by Crippen LogP contribution is -2.68. The quantitative estimate of drug-likeness (QED) is 0.765. The number of nitrogens with zero attached hydrogens (tertiary/aromatic N) is 1. The zero-order chi connectivity index (χ0) is 15.1. The molecule has 4 atom stereocenters. The molecule has 3 N–H and O–H groups in total. The van der Waals surface area contributed by atoms with Crippen molar-refractivity contribution in [3.63, 3.8) is 0 Å². The molecule has 4 aliphatic rings. The highest BCUT2D eigenvalue weighted by atomic mass is 16.8. The highest BCUT2D eigenvalue weighted by Gasteiger charge is 2.54. The van der Waals surface area contributed by atoms with Crippen LogP contribution in [0.2, 0.25) is 0 Å². The molecule has 4 heterocycles. The van der Waals surface area contributed by atoms with Gasteiger partial charge < -0.3 is 20.1 Å². The number of hydrogen-bond donors (Lipinski definition) is 3. The average Bonchev–Trinajstić information content (AvgIpc) is 2.70. The van der Waals surface area contributed by atoms with Gasteiger partial charge in [-0.3, -0.25) is 0 Å². The molecule has 0 aliphatic carbocycles. The first kappa shape index (κ1) is 13.8. The predicted molar refractivity (Wildman–Crippen MR) is 77.9 cm³/mol. The summed E-state index contributed by atoms with van der Waals surface area (Å²) < 4.78 is 5.74. The molecular weight excluding hydrogens is 286 g/mol. The van der Waals surface area contributed by atoms with Gasteiger partial charge in [0, 0.05) is 18.5 Å². The summed E-state index contributed by atoms with van der Waals surface area (Å²) in [5.74, 6) is 0.231. The van der Waals surface area contributed by atoms with Crippen molar-refractivity contribution in [2.24, 2.45) is 5.92 Å². The molecule has 0 spiro atoms. The van der Waals surface area contributed by atoms with E-state index >= 15 is 0 Å². The zero-order valence-electron chi connectivity index (χ0n) is 12.1. The summed E-state index contributed by atoms with van der Waals surface area (Å²) in [6.07, 6.45) is 1.36. The number of carboxylic acid groups (broad SMARTS) is 1. The van der Waals surface area contributed by atoms with Crippen LogP contribution in [0.25, 0.3) is 0 Å². The third-order valence-corrected chi connectivity index (χ3v) is 4.78. The van der Waals surface area contributed by atoms with Crippen molar-refractivity contribution in [3.05, 3.63) is 29.8 Å². The number of anilines is 1. The molecule has 4 unspecified atom stereocenters. The number of hydrogen-bond acceptors (Lipinski definition) is 6. The van der Waals surface area contributed by atoms with Gasteiger partial charge >= 0.3 is 6.16 Å². The molecule has 118 valence electrons. The standard InChI is InChI=1S/C15H19N3O4/c19-15(20)22-18-8-7-12-13(14(18)21-12)11-6-5-9-3-1-2-4-10(9)16-17-11/h1-4,11-14,16-17H,5-8H2,(H,19,20). The monoisotopic (exact) mass is 305 g/mol. The Morgan fingerprint density at radius 2 is 2.23 bits per heavy atom. The molecule has 7 heteroatoms. The summed E-state index contributed by atoms with van der Waals surface area (Å²) in [6, 6.07) is 8.46. The summed E-state index contributed by atoms with van der Waals surface area (Å²) in [6.45, 7) is 0.596. The number of fused-ring (bicyclic) bond motifs is 3. The lowest BCUT2D eigenvalue weighted by atomic mass is 9.80. The molecule has 3 saturated heterocycles. The van der Waals surface area contributed by atoms with E-state index in [2.05, 4.69) is 23.0 Å². The molecule has 1 aromatic carbocycles. The van der Waals surface area contributed by atoms with Gasteiger partial charge in [-0.05, 0) is 30.9 Å². The average molecular weight is 305 g/mol. The maximum atomic E-state index is 10.8. The number of benzene rings is 1. The maximum absolute atomic E-state index is 10.8. The Bertz CT molecular complexity index is 553. The van der Waals surface area contributed by atoms with Crippen LogP contribution in [-0.4, -0.2) is 41.2 Å². The van der Waals surface area contributed by atoms with Gasteiger partial charge in [-0.25, -0.2) is 10.2 Å². The van der Waals surface area contributed by atoms with E-state index < -0.39 is 6.16 Å². The fourth-order valence-electron chi connectivity index (χ4n) is 3.71. The largest absolute Gasteiger partial charge is 0.525 e. The Morgan fingerprint density at radius 3 is 3.05 bits per heavy atom. The van der Waals surface area contributed by atoms with Crippen molar-refractivity contribution in [1.29, 1.82) is 0 Å². The van der Waals surface area contributed by atoms with Crippen molar-refractivity contribution in [2.75, 3.05) is 12.0 Å². The highest BCUT2D eigenvalue weighted by molar-refractivity contribution is 5.56. The lowest BCUT2D eigenvalue weighted by molar-refractivity contribution is -0.363. The molecule has 22 heavy (non-hydrogen) atoms. The minimum absolute atomic E-state index is 0.180. The predicted octanol–water partition coefficient (Wildman–Crippen LogP) is 1.57. The van der Waals surface area contributed by atoms with Crippen LogP contribution in [0.4, 0.5) is 10.5 Å². The number of carbonyl (C=O) groups is 1. The van der Waals surface area contributed by atoms with Gasteiger partial charge in [0.25, 0.3) is 0 Å². The Morgan fingerprint density at radius 1 is 1.36 bits per heavy atom. The molecular formula is C15H19N3O4. The molecule has 0 amide bonds. The third kappa shape index (κ3) is 2.31. The van der Waals surface area contributed by atoms with E-state index in [-0.39, 0.29) is 24.3 Å². The topological polar surface area (TPSA) is 83.1 Å². The van der Waals surface area contributed by atoms with Crippen LogP contribution in [0.15, 0.2) is 24.3 Å². The summed E-state index contributed by atoms with van der Waals surface area (Å²) in [7, 11) is 0. The number of hydroxylamine groups is 2. The number of piperidine rings is 1. The number of aryl methyl sites for hydroxylation is 1. The summed E-state index contributed by atoms with van der Waals surface area (Å²) in [5, 5.41) is 10.3. The molecule has 0 saturated carbocycles. The van der Waals surface area contributed by atoms with E-state index in [4.69, 9.17) is 14.7 Å². The maximum Gasteiger partial charge on any atom is 0.525 e. The summed E-state index contributed by atoms with van der Waals surface area (Å²) in [5.41, 5.74) is 9.07. The zero-order valence-corrected chi connectivity index (χ0v) is 12.1. The number of para-hydroxylation sites is 1. The summed E-state index contributed by atoms with van der Waals surface area (Å²) >= 11 is 0. The first-order valence-electron chi connectivity index (χ1n) is 7.65. The third-order valence-electron chi connectivity index (χ3n) is 4.78. The van der Waals surface area contributed by atoms with Gasteiger partial charge in [-0.1, -0.05) is 18.2 Å². The molecule has 7 nitrogen and oxygen atoms in total. The van der Waals surface area contributed by atoms with E-state index in [1.807, 2.05) is 12.1 Å². The molecule has 3 fully saturated rings. The van der Waals surface area contributed by atoms with Crippen LogP contribution in [-0.2, 0) is 16.0 Å². The Balaban J connectivity index is 1.46. The van der Waals surface area contributed by atoms with Gasteiger partial charge in [-0.2, -0.15) is 0 Å². The second-order valence-corrected chi connectivity index (χ2v) is 6.00. The first-order valence-corrected chi connectivity index (χ1v) is 7.65. The second-order valence-electron chi connectivity index (χ2n) is 6.00. The van der Waals surface area contributed by atoms with Gasteiger partial charge in [0.15, 0.2) is 6.23 Å². The fraction of sp³-hybridized carbons (Fsp3) is 0.533. The number of hydrazine groups is 1. The van der Waals surface area contributed by atoms with Crippen LogP contribution in [0.3, 0.4) is 0 Å². The molecule has 0 aromatic heterocycles. The van der Waals surface area contributed by atoms with Crippen molar-refractivity contribution < 1.29 is 19.5 Å². The van der Waals surface area contributed by atoms with E-state index in [0.29, 0.717) is 6.54 Å². The molecule has 4 aliphatic heterocycles. The number of ether oxygens (including phenoxy) is 1. The van der Waals surface area contributed by atoms with Gasteiger partial charge in [0.1, 0.15) is 0 Å². The molecule has 1 aromatic rings. The first-order chi connectivity index (χ1) is 10.7. The SMILES string of the molecule is O=C(O)ON1CCC2OC1C2C1CCc2ccccc2NN1. The van der Waals surface area contributed by atoms with Crippen LogP contribution in [0.5, 0.6) is 0 Å². The van der Waals surface area contributed by atoms with E-state index in [0.717, 1.165) is 24.9 Å². The lowest BCUT2D eigenvalue weighted by Gasteiger charge is -2.55. The Labute approximate surface area is 128 Å². The second kappa shape index (κ2) is 5.42. The normalized spacial score (nSPS) is 33.8. The molecule has 0 radical (unpaired) electrons. The van der Waals surface area contributed by atoms with Crippen molar-refractivity contribution >= 4 is 11.8 Å². The minimum Gasteiger partial charge on any atom is -0.448 e. The van der Waals surface area contributed by atoms with Gasteiger partial charge in [-0.15, -0.1) is 5.06 Å². The number of nitrogens with one attached hydrogen (secondary N) is 2. The van der Waals surface area contributed by atoms with Crippen LogP contribution >= 0.6 is 0 Å².